The first-order chi connectivity index (χ1) is 52.2. The standard InChI is InChI=1S/C89H156O16P2/c1-4-7-10-13-16-19-22-25-28-30-32-34-36-37-38-39-40-41-42-43-44-45-47-49-50-52-55-57-60-63-66-69-72-75-87(92)99-78-84(90)79-101-106(95,96)102-80-85(91)81-103-107(97,98)104-83-86(105-89(94)77-74-71-68-65-62-59-54-27-24-21-18-15-12-9-6-3)82-100-88(93)76-73-70-67-64-61-58-56-53-51-48-46-35-33-31-29-26-23-20-17-14-11-8-5-2/h8,11,16-17,19-20,25-29,32-35,37-38,48,51,54,84-86,90-91H,4-7,9-10,12-15,18,21-24,30-31,36,39-47,49-50,52-53,55-83H2,1-3H3,(H,95,96)(H,97,98)/b11-8-,19-16-,20-17-,28-25-,29-26-,34-32-,35-33-,38-37-,51-48-,54-27-. The van der Waals surface area contributed by atoms with Crippen LogP contribution in [0.2, 0.25) is 0 Å². The van der Waals surface area contributed by atoms with Crippen molar-refractivity contribution in [2.75, 3.05) is 39.6 Å². The predicted molar refractivity (Wildman–Crippen MR) is 445 cm³/mol. The zero-order valence-corrected chi connectivity index (χ0v) is 69.6. The molecule has 0 saturated heterocycles. The van der Waals surface area contributed by atoms with Crippen LogP contribution in [0, 0.1) is 0 Å². The fourth-order valence-corrected chi connectivity index (χ4v) is 13.2. The van der Waals surface area contributed by atoms with E-state index >= 15 is 0 Å². The minimum Gasteiger partial charge on any atom is -0.463 e. The number of hydrogen-bond donors (Lipinski definition) is 4. The van der Waals surface area contributed by atoms with Crippen molar-refractivity contribution < 1.29 is 75.8 Å². The van der Waals surface area contributed by atoms with Gasteiger partial charge in [-0.05, 0) is 135 Å². The summed E-state index contributed by atoms with van der Waals surface area (Å²) in [6, 6.07) is 0. The number of aliphatic hydroxyl groups is 2. The molecule has 4 N–H and O–H groups in total. The third-order valence-corrected chi connectivity index (χ3v) is 20.0. The number of phosphoric ester groups is 2. The number of carbonyl (C=O) groups is 3. The first-order valence-electron chi connectivity index (χ1n) is 42.8. The predicted octanol–water partition coefficient (Wildman–Crippen LogP) is 25.7. The van der Waals surface area contributed by atoms with E-state index in [1.807, 2.05) is 0 Å². The third-order valence-electron chi connectivity index (χ3n) is 18.1. The van der Waals surface area contributed by atoms with Crippen molar-refractivity contribution in [3.8, 4) is 0 Å². The number of phosphoric acid groups is 2. The first kappa shape index (κ1) is 103. The molecule has 0 saturated carbocycles. The summed E-state index contributed by atoms with van der Waals surface area (Å²) in [4.78, 5) is 58.8. The maximum Gasteiger partial charge on any atom is 0.472 e. The molecule has 0 aliphatic heterocycles. The number of aliphatic hydroxyl groups excluding tert-OH is 2. The van der Waals surface area contributed by atoms with Crippen LogP contribution in [-0.4, -0.2) is 95.9 Å². The molecule has 0 aromatic carbocycles. The lowest BCUT2D eigenvalue weighted by Crippen LogP contribution is -2.30. The topological polar surface area (TPSA) is 231 Å². The molecule has 18 heteroatoms. The number of ether oxygens (including phenoxy) is 3. The number of unbranched alkanes of at least 4 members (excludes halogenated alkanes) is 38. The fourth-order valence-electron chi connectivity index (χ4n) is 11.6. The average Bonchev–Trinajstić information content (AvgIpc) is 0.912. The van der Waals surface area contributed by atoms with Crippen LogP contribution in [0.15, 0.2) is 122 Å². The van der Waals surface area contributed by atoms with E-state index in [9.17, 15) is 43.5 Å². The zero-order chi connectivity index (χ0) is 78.0. The normalized spacial score (nSPS) is 14.5. The molecule has 16 nitrogen and oxygen atoms in total. The molecule has 0 bridgehead atoms. The lowest BCUT2D eigenvalue weighted by atomic mass is 10.0. The van der Waals surface area contributed by atoms with E-state index in [1.165, 1.54) is 154 Å². The molecule has 0 aliphatic rings. The Labute approximate surface area is 653 Å². The van der Waals surface area contributed by atoms with Gasteiger partial charge in [-0.25, -0.2) is 9.13 Å². The summed E-state index contributed by atoms with van der Waals surface area (Å²) in [5.41, 5.74) is 0. The molecule has 0 amide bonds. The molecule has 0 aromatic heterocycles. The molecule has 5 unspecified atom stereocenters. The monoisotopic (exact) mass is 1540 g/mol. The summed E-state index contributed by atoms with van der Waals surface area (Å²) in [6.07, 6.45) is 98.3. The Morgan fingerprint density at radius 1 is 0.271 bits per heavy atom. The quantitative estimate of drug-likeness (QED) is 0.0146. The third kappa shape index (κ3) is 82.7. The number of carbonyl (C=O) groups excluding carboxylic acids is 3. The Balaban J connectivity index is 4.46. The zero-order valence-electron chi connectivity index (χ0n) is 67.8. The van der Waals surface area contributed by atoms with Crippen molar-refractivity contribution in [2.45, 2.75) is 386 Å². The summed E-state index contributed by atoms with van der Waals surface area (Å²) in [5, 5.41) is 20.7. The van der Waals surface area contributed by atoms with Crippen LogP contribution in [0.1, 0.15) is 367 Å². The second-order valence-corrected chi connectivity index (χ2v) is 31.5. The Morgan fingerprint density at radius 3 is 0.813 bits per heavy atom. The summed E-state index contributed by atoms with van der Waals surface area (Å²) in [7, 11) is -9.80. The molecule has 0 spiro atoms. The van der Waals surface area contributed by atoms with Gasteiger partial charge in [0.2, 0.25) is 0 Å². The van der Waals surface area contributed by atoms with E-state index in [2.05, 4.69) is 142 Å². The van der Waals surface area contributed by atoms with Gasteiger partial charge >= 0.3 is 33.6 Å². The van der Waals surface area contributed by atoms with Crippen LogP contribution >= 0.6 is 15.6 Å². The largest absolute Gasteiger partial charge is 0.472 e. The second-order valence-electron chi connectivity index (χ2n) is 28.6. The minimum atomic E-state index is -4.94. The Morgan fingerprint density at radius 2 is 0.495 bits per heavy atom. The minimum absolute atomic E-state index is 0.0913. The van der Waals surface area contributed by atoms with Crippen molar-refractivity contribution in [1.29, 1.82) is 0 Å². The van der Waals surface area contributed by atoms with E-state index in [-0.39, 0.29) is 19.3 Å². The van der Waals surface area contributed by atoms with Gasteiger partial charge in [0.05, 0.1) is 26.4 Å². The smallest absolute Gasteiger partial charge is 0.463 e. The summed E-state index contributed by atoms with van der Waals surface area (Å²) in [5.74, 6) is -1.59. The molecule has 5 atom stereocenters. The molecule has 0 rings (SSSR count). The van der Waals surface area contributed by atoms with Gasteiger partial charge in [-0.2, -0.15) is 0 Å². The number of allylic oxidation sites excluding steroid dienone is 20. The molecular weight excluding hydrogens is 1390 g/mol. The van der Waals surface area contributed by atoms with Gasteiger partial charge in [-0.15, -0.1) is 0 Å². The van der Waals surface area contributed by atoms with Crippen LogP contribution in [0.4, 0.5) is 0 Å². The van der Waals surface area contributed by atoms with Crippen LogP contribution in [0.3, 0.4) is 0 Å². The van der Waals surface area contributed by atoms with E-state index in [0.717, 1.165) is 154 Å². The number of hydrogen-bond acceptors (Lipinski definition) is 14. The highest BCUT2D eigenvalue weighted by Gasteiger charge is 2.29. The highest BCUT2D eigenvalue weighted by atomic mass is 31.2. The first-order valence-corrected chi connectivity index (χ1v) is 45.8. The molecule has 107 heavy (non-hydrogen) atoms. The Hall–Kier alpha value is -4.05. The van der Waals surface area contributed by atoms with Gasteiger partial charge in [0, 0.05) is 19.3 Å². The van der Waals surface area contributed by atoms with E-state index in [4.69, 9.17) is 32.3 Å². The summed E-state index contributed by atoms with van der Waals surface area (Å²) < 4.78 is 61.3. The van der Waals surface area contributed by atoms with Crippen LogP contribution in [-0.2, 0) is 55.8 Å². The maximum absolute atomic E-state index is 13.0. The maximum atomic E-state index is 13.0. The second kappa shape index (κ2) is 81.4. The van der Waals surface area contributed by atoms with Gasteiger partial charge in [0.15, 0.2) is 6.10 Å². The van der Waals surface area contributed by atoms with Crippen molar-refractivity contribution in [3.63, 3.8) is 0 Å². The lowest BCUT2D eigenvalue weighted by Gasteiger charge is -2.21. The van der Waals surface area contributed by atoms with Crippen molar-refractivity contribution in [3.05, 3.63) is 122 Å². The number of rotatable bonds is 81. The molecule has 0 fully saturated rings. The SMILES string of the molecule is CC/C=C\C/C=C\C/C=C\C/C=C\C/C=C\CCCCCCCCCC(=O)OCC(COP(=O)(O)OCC(O)COP(=O)(O)OCC(O)COC(=O)CCCCCCCCCCCCCCCCCCC/C=C\C/C=C\C/C=C\C/C=C\CCCCC)OC(=O)CCCCCCC/C=C\CCCCCCCC. The van der Waals surface area contributed by atoms with Gasteiger partial charge in [-0.3, -0.25) is 32.5 Å². The van der Waals surface area contributed by atoms with Gasteiger partial charge in [-0.1, -0.05) is 335 Å². The van der Waals surface area contributed by atoms with Crippen LogP contribution in [0.5, 0.6) is 0 Å². The van der Waals surface area contributed by atoms with Crippen LogP contribution < -0.4 is 0 Å². The van der Waals surface area contributed by atoms with Gasteiger partial charge in [0.25, 0.3) is 0 Å². The van der Waals surface area contributed by atoms with Crippen molar-refractivity contribution in [2.24, 2.45) is 0 Å². The highest BCUT2D eigenvalue weighted by Crippen LogP contribution is 2.45. The Kier molecular flexibility index (Phi) is 78.4. The molecule has 0 heterocycles. The van der Waals surface area contributed by atoms with Crippen LogP contribution in [0.25, 0.3) is 0 Å². The average molecular weight is 1540 g/mol. The highest BCUT2D eigenvalue weighted by molar-refractivity contribution is 7.47. The summed E-state index contributed by atoms with van der Waals surface area (Å²) in [6.45, 7) is 2.55. The van der Waals surface area contributed by atoms with E-state index in [0.29, 0.717) is 19.3 Å². The summed E-state index contributed by atoms with van der Waals surface area (Å²) >= 11 is 0. The number of esters is 3. The molecule has 618 valence electrons. The molecular formula is C89H156O16P2. The lowest BCUT2D eigenvalue weighted by molar-refractivity contribution is -0.161. The van der Waals surface area contributed by atoms with Crippen molar-refractivity contribution in [1.82, 2.24) is 0 Å². The van der Waals surface area contributed by atoms with E-state index in [1.54, 1.807) is 0 Å². The van der Waals surface area contributed by atoms with Gasteiger partial charge in [0.1, 0.15) is 25.4 Å². The van der Waals surface area contributed by atoms with E-state index < -0.39 is 91.5 Å². The molecule has 0 aliphatic carbocycles. The molecule has 0 radical (unpaired) electrons. The fraction of sp³-hybridized carbons (Fsp3) is 0.742. The molecule has 0 aromatic rings. The van der Waals surface area contributed by atoms with Gasteiger partial charge < -0.3 is 34.2 Å². The van der Waals surface area contributed by atoms with Crippen molar-refractivity contribution >= 4 is 33.6 Å². The Bertz CT molecular complexity index is 2430.